The predicted octanol–water partition coefficient (Wildman–Crippen LogP) is 2.67. The summed E-state index contributed by atoms with van der Waals surface area (Å²) in [5.74, 6) is -0.801. The Hall–Kier alpha value is -3.88. The number of aryl methyl sites for hydroxylation is 1. The summed E-state index contributed by atoms with van der Waals surface area (Å²) in [4.78, 5) is 53.5. The van der Waals surface area contributed by atoms with E-state index in [0.29, 0.717) is 36.4 Å². The van der Waals surface area contributed by atoms with Gasteiger partial charge in [-0.1, -0.05) is 43.1 Å². The number of anilines is 2. The minimum atomic E-state index is -0.626. The van der Waals surface area contributed by atoms with Gasteiger partial charge in [0.15, 0.2) is 41.7 Å². The van der Waals surface area contributed by atoms with Crippen LogP contribution in [0.4, 0.5) is 11.6 Å². The Morgan fingerprint density at radius 2 is 1.79 bits per heavy atom. The zero-order chi connectivity index (χ0) is 34.0. The SMILES string of the molecule is CCCN(CCC)C(=O)COC(=O)COc1ccc(CCCN2CCC3(CC2)CN=C(NC(=O)c2nc(Cl)c(N)nc2N)N3)cc1Cl. The monoisotopic (exact) mass is 691 g/mol. The van der Waals surface area contributed by atoms with Gasteiger partial charge in [0, 0.05) is 26.2 Å². The molecule has 3 heterocycles. The zero-order valence-corrected chi connectivity index (χ0v) is 28.3. The van der Waals surface area contributed by atoms with E-state index in [9.17, 15) is 14.4 Å². The van der Waals surface area contributed by atoms with Crippen molar-refractivity contribution in [2.24, 2.45) is 4.99 Å². The fourth-order valence-corrected chi connectivity index (χ4v) is 5.92. The van der Waals surface area contributed by atoms with Gasteiger partial charge in [0.2, 0.25) is 0 Å². The number of nitrogens with one attached hydrogen (secondary N) is 2. The maximum absolute atomic E-state index is 12.7. The highest BCUT2D eigenvalue weighted by atomic mass is 35.5. The molecular formula is C31H43Cl2N9O5. The maximum Gasteiger partial charge on any atom is 0.344 e. The Labute approximate surface area is 284 Å². The number of piperidine rings is 1. The highest BCUT2D eigenvalue weighted by Crippen LogP contribution is 2.28. The fraction of sp³-hybridized carbons (Fsp3) is 0.548. The van der Waals surface area contributed by atoms with Gasteiger partial charge in [-0.3, -0.25) is 19.9 Å². The van der Waals surface area contributed by atoms with E-state index in [2.05, 4.69) is 30.5 Å². The van der Waals surface area contributed by atoms with Crippen molar-refractivity contribution in [1.29, 1.82) is 0 Å². The summed E-state index contributed by atoms with van der Waals surface area (Å²) < 4.78 is 10.7. The van der Waals surface area contributed by atoms with Gasteiger partial charge in [-0.25, -0.2) is 14.8 Å². The van der Waals surface area contributed by atoms with Crippen molar-refractivity contribution in [3.63, 3.8) is 0 Å². The normalized spacial score (nSPS) is 15.5. The van der Waals surface area contributed by atoms with Crippen LogP contribution in [0, 0.1) is 0 Å². The number of amides is 2. The molecule has 0 unspecified atom stereocenters. The average Bonchev–Trinajstić information content (AvgIpc) is 3.43. The molecule has 0 radical (unpaired) electrons. The van der Waals surface area contributed by atoms with Gasteiger partial charge in [0.1, 0.15) is 5.75 Å². The van der Waals surface area contributed by atoms with Crippen LogP contribution in [0.15, 0.2) is 23.2 Å². The molecule has 256 valence electrons. The number of carbonyl (C=O) groups is 3. The van der Waals surface area contributed by atoms with Gasteiger partial charge >= 0.3 is 5.97 Å². The number of aliphatic imine (C=N–C) groups is 1. The van der Waals surface area contributed by atoms with Crippen LogP contribution in [0.5, 0.6) is 5.75 Å². The van der Waals surface area contributed by atoms with Crippen LogP contribution in [0.3, 0.4) is 0 Å². The number of likely N-dealkylation sites (tertiary alicyclic amines) is 1. The molecule has 2 aliphatic rings. The van der Waals surface area contributed by atoms with Crippen LogP contribution >= 0.6 is 23.2 Å². The first-order chi connectivity index (χ1) is 22.5. The molecule has 0 atom stereocenters. The molecule has 2 amide bonds. The molecule has 14 nitrogen and oxygen atoms in total. The molecule has 0 aliphatic carbocycles. The maximum atomic E-state index is 12.7. The Morgan fingerprint density at radius 1 is 1.06 bits per heavy atom. The topological polar surface area (TPSA) is 190 Å². The molecule has 47 heavy (non-hydrogen) atoms. The van der Waals surface area contributed by atoms with E-state index in [1.54, 1.807) is 11.0 Å². The van der Waals surface area contributed by atoms with Gasteiger partial charge in [-0.15, -0.1) is 0 Å². The smallest absolute Gasteiger partial charge is 0.344 e. The van der Waals surface area contributed by atoms with Crippen LogP contribution in [0.25, 0.3) is 0 Å². The predicted molar refractivity (Wildman–Crippen MR) is 181 cm³/mol. The molecule has 2 aromatic rings. The van der Waals surface area contributed by atoms with E-state index < -0.39 is 11.9 Å². The molecule has 6 N–H and O–H groups in total. The average molecular weight is 693 g/mol. The number of halogens is 2. The molecule has 1 spiro atoms. The molecule has 0 bridgehead atoms. The zero-order valence-electron chi connectivity index (χ0n) is 26.8. The largest absolute Gasteiger partial charge is 0.480 e. The van der Waals surface area contributed by atoms with Crippen LogP contribution in [-0.4, -0.2) is 102 Å². The minimum Gasteiger partial charge on any atom is -0.480 e. The fourth-order valence-electron chi connectivity index (χ4n) is 5.53. The van der Waals surface area contributed by atoms with E-state index in [1.807, 2.05) is 26.0 Å². The summed E-state index contributed by atoms with van der Waals surface area (Å²) in [6, 6.07) is 5.52. The van der Waals surface area contributed by atoms with Crippen molar-refractivity contribution < 1.29 is 23.9 Å². The summed E-state index contributed by atoms with van der Waals surface area (Å²) in [5, 5.41) is 6.41. The first-order valence-corrected chi connectivity index (χ1v) is 16.6. The molecule has 1 saturated heterocycles. The van der Waals surface area contributed by atoms with Crippen molar-refractivity contribution in [1.82, 2.24) is 30.4 Å². The quantitative estimate of drug-likeness (QED) is 0.213. The van der Waals surface area contributed by atoms with Gasteiger partial charge in [0.25, 0.3) is 11.8 Å². The molecule has 4 rings (SSSR count). The highest BCUT2D eigenvalue weighted by molar-refractivity contribution is 6.32. The van der Waals surface area contributed by atoms with Crippen molar-refractivity contribution in [2.75, 3.05) is 63.9 Å². The molecule has 1 fully saturated rings. The first-order valence-electron chi connectivity index (χ1n) is 15.8. The number of aromatic nitrogens is 2. The van der Waals surface area contributed by atoms with Crippen LogP contribution in [0.1, 0.15) is 62.0 Å². The number of hydrogen-bond acceptors (Lipinski definition) is 12. The van der Waals surface area contributed by atoms with E-state index in [-0.39, 0.29) is 47.1 Å². The lowest BCUT2D eigenvalue weighted by Crippen LogP contribution is -2.56. The lowest BCUT2D eigenvalue weighted by atomic mass is 9.88. The van der Waals surface area contributed by atoms with Gasteiger partial charge in [-0.2, -0.15) is 0 Å². The number of ether oxygens (including phenoxy) is 2. The van der Waals surface area contributed by atoms with Gasteiger partial charge in [0.05, 0.1) is 17.1 Å². The van der Waals surface area contributed by atoms with Crippen molar-refractivity contribution in [3.05, 3.63) is 39.6 Å². The van der Waals surface area contributed by atoms with Gasteiger partial charge in [-0.05, 0) is 62.8 Å². The lowest BCUT2D eigenvalue weighted by molar-refractivity contribution is -0.153. The van der Waals surface area contributed by atoms with Gasteiger partial charge < -0.3 is 36.1 Å². The lowest BCUT2D eigenvalue weighted by Gasteiger charge is -2.39. The van der Waals surface area contributed by atoms with Crippen LogP contribution < -0.4 is 26.8 Å². The molecular weight excluding hydrogens is 649 g/mol. The number of nitrogens with two attached hydrogens (primary N) is 2. The third kappa shape index (κ3) is 10.1. The number of carbonyl (C=O) groups excluding carboxylic acids is 3. The summed E-state index contributed by atoms with van der Waals surface area (Å²) in [6.07, 6.45) is 5.19. The number of guanidine groups is 1. The Kier molecular flexibility index (Phi) is 12.9. The molecule has 1 aromatic heterocycles. The second kappa shape index (κ2) is 16.8. The minimum absolute atomic E-state index is 0.0430. The Balaban J connectivity index is 1.14. The number of nitrogens with zero attached hydrogens (tertiary/aromatic N) is 5. The molecule has 1 aromatic carbocycles. The van der Waals surface area contributed by atoms with Crippen LogP contribution in [0.2, 0.25) is 10.2 Å². The highest BCUT2D eigenvalue weighted by Gasteiger charge is 2.39. The van der Waals surface area contributed by atoms with Crippen LogP contribution in [-0.2, 0) is 20.7 Å². The number of esters is 1. The summed E-state index contributed by atoms with van der Waals surface area (Å²) in [5.41, 5.74) is 12.1. The van der Waals surface area contributed by atoms with E-state index in [1.165, 1.54) is 0 Å². The number of rotatable bonds is 14. The van der Waals surface area contributed by atoms with Crippen molar-refractivity contribution in [3.8, 4) is 5.75 Å². The standard InChI is InChI=1S/C31H43Cl2N9O5/c1-3-11-42(12-4-2)23(43)17-47-24(44)18-46-22-8-7-20(16-21(22)32)6-5-13-41-14-9-31(10-15-41)19-36-30(40-31)39-29(45)25-27(34)38-28(35)26(33)37-25/h7-8,16H,3-6,9-15,17-19H2,1-2H3,(H4,34,35,38)(H2,36,39,40,45). The number of hydrogen-bond donors (Lipinski definition) is 4. The summed E-state index contributed by atoms with van der Waals surface area (Å²) in [7, 11) is 0. The number of benzene rings is 1. The van der Waals surface area contributed by atoms with E-state index in [4.69, 9.17) is 44.1 Å². The Bertz CT molecular complexity index is 1460. The molecule has 2 aliphatic heterocycles. The van der Waals surface area contributed by atoms with E-state index in [0.717, 1.165) is 63.7 Å². The number of nitrogen functional groups attached to an aromatic ring is 2. The second-order valence-electron chi connectivity index (χ2n) is 11.7. The molecule has 16 heteroatoms. The van der Waals surface area contributed by atoms with Crippen molar-refractivity contribution in [2.45, 2.75) is 57.9 Å². The first kappa shape index (κ1) is 36.0. The van der Waals surface area contributed by atoms with Crippen molar-refractivity contribution >= 4 is 58.6 Å². The summed E-state index contributed by atoms with van der Waals surface area (Å²) >= 11 is 12.3. The third-order valence-corrected chi connectivity index (χ3v) is 8.64. The second-order valence-corrected chi connectivity index (χ2v) is 12.5. The van der Waals surface area contributed by atoms with E-state index >= 15 is 0 Å². The Morgan fingerprint density at radius 3 is 2.47 bits per heavy atom. The molecule has 0 saturated carbocycles. The third-order valence-electron chi connectivity index (χ3n) is 8.07. The summed E-state index contributed by atoms with van der Waals surface area (Å²) in [6.45, 7) is 7.88.